The Morgan fingerprint density at radius 3 is 2.49 bits per heavy atom. The van der Waals surface area contributed by atoms with E-state index in [0.29, 0.717) is 22.9 Å². The van der Waals surface area contributed by atoms with Gasteiger partial charge in [0.2, 0.25) is 5.91 Å². The molecule has 0 spiro atoms. The predicted molar refractivity (Wildman–Crippen MR) is 142 cm³/mol. The first-order valence-electron chi connectivity index (χ1n) is 11.6. The van der Waals surface area contributed by atoms with Gasteiger partial charge in [-0.1, -0.05) is 54.9 Å². The van der Waals surface area contributed by atoms with Crippen LogP contribution in [0.1, 0.15) is 57.4 Å². The molecule has 0 aliphatic carbocycles. The molecule has 0 radical (unpaired) electrons. The fraction of sp³-hybridized carbons (Fsp3) is 0.286. The van der Waals surface area contributed by atoms with E-state index >= 15 is 0 Å². The molecule has 1 heterocycles. The molecule has 1 fully saturated rings. The summed E-state index contributed by atoms with van der Waals surface area (Å²) in [5.41, 5.74) is 4.72. The van der Waals surface area contributed by atoms with E-state index in [0.717, 1.165) is 34.4 Å². The number of benzene rings is 3. The van der Waals surface area contributed by atoms with Crippen molar-refractivity contribution in [3.63, 3.8) is 0 Å². The number of aryl methyl sites for hydroxylation is 1. The Hall–Kier alpha value is -2.96. The van der Waals surface area contributed by atoms with E-state index in [1.807, 2.05) is 72.5 Å². The second-order valence-corrected chi connectivity index (χ2v) is 10.1. The van der Waals surface area contributed by atoms with E-state index in [9.17, 15) is 9.59 Å². The lowest BCUT2D eigenvalue weighted by atomic mass is 10.0. The minimum Gasteiger partial charge on any atom is -0.496 e. The number of ether oxygens (including phenoxy) is 1. The lowest BCUT2D eigenvalue weighted by Gasteiger charge is -2.24. The molecule has 1 saturated heterocycles. The quantitative estimate of drug-likeness (QED) is 0.387. The van der Waals surface area contributed by atoms with Crippen LogP contribution in [0.5, 0.6) is 5.75 Å². The summed E-state index contributed by atoms with van der Waals surface area (Å²) in [5, 5.41) is 3.74. The van der Waals surface area contributed by atoms with E-state index in [1.54, 1.807) is 18.9 Å². The van der Waals surface area contributed by atoms with E-state index < -0.39 is 0 Å². The molecule has 35 heavy (non-hydrogen) atoms. The molecule has 5 nitrogen and oxygen atoms in total. The maximum absolute atomic E-state index is 13.0. The Bertz CT molecular complexity index is 1200. The molecular weight excluding hydrogens is 480 g/mol. The van der Waals surface area contributed by atoms with Crippen LogP contribution in [0.15, 0.2) is 66.7 Å². The standard InChI is InChI=1S/C28H29ClN2O3S/c1-4-24(22-11-14-25(34-3)18(2)15-22)30-27(33)20-7-9-21(10-8-20)28-31(26(32)17-35-28)16-19-5-12-23(29)13-6-19/h5-15,24,28H,4,16-17H2,1-3H3,(H,30,33)/t24-,28+/m1/s1. The third-order valence-corrected chi connectivity index (χ3v) is 7.74. The van der Waals surface area contributed by atoms with Gasteiger partial charge in [-0.15, -0.1) is 11.8 Å². The van der Waals surface area contributed by atoms with Gasteiger partial charge in [0, 0.05) is 17.1 Å². The molecule has 1 aliphatic heterocycles. The Labute approximate surface area is 215 Å². The number of methoxy groups -OCH3 is 1. The molecule has 3 aromatic rings. The molecule has 0 unspecified atom stereocenters. The molecular formula is C28H29ClN2O3S. The molecule has 1 N–H and O–H groups in total. The molecule has 0 bridgehead atoms. The highest BCUT2D eigenvalue weighted by Gasteiger charge is 2.32. The first kappa shape index (κ1) is 25.1. The predicted octanol–water partition coefficient (Wildman–Crippen LogP) is 6.31. The molecule has 4 rings (SSSR count). The Morgan fingerprint density at radius 1 is 1.14 bits per heavy atom. The van der Waals surface area contributed by atoms with Gasteiger partial charge in [-0.2, -0.15) is 0 Å². The Kier molecular flexibility index (Phi) is 8.04. The molecule has 0 aromatic heterocycles. The molecule has 182 valence electrons. The maximum Gasteiger partial charge on any atom is 0.251 e. The van der Waals surface area contributed by atoms with Crippen molar-refractivity contribution in [2.75, 3.05) is 12.9 Å². The first-order valence-corrected chi connectivity index (χ1v) is 13.0. The van der Waals surface area contributed by atoms with Crippen molar-refractivity contribution in [2.24, 2.45) is 0 Å². The minimum absolute atomic E-state index is 0.0825. The third kappa shape index (κ3) is 5.82. The van der Waals surface area contributed by atoms with Gasteiger partial charge < -0.3 is 15.0 Å². The van der Waals surface area contributed by atoms with Gasteiger partial charge in [-0.3, -0.25) is 9.59 Å². The summed E-state index contributed by atoms with van der Waals surface area (Å²) in [4.78, 5) is 27.4. The zero-order valence-corrected chi connectivity index (χ0v) is 21.7. The van der Waals surface area contributed by atoms with Gasteiger partial charge in [0.15, 0.2) is 0 Å². The van der Waals surface area contributed by atoms with E-state index in [1.165, 1.54) is 0 Å². The van der Waals surface area contributed by atoms with Crippen molar-refractivity contribution in [3.8, 4) is 5.75 Å². The highest BCUT2D eigenvalue weighted by molar-refractivity contribution is 8.00. The number of nitrogens with one attached hydrogen (secondary N) is 1. The SMILES string of the molecule is CC[C@@H](NC(=O)c1ccc([C@@H]2SCC(=O)N2Cc2ccc(Cl)cc2)cc1)c1ccc(OC)c(C)c1. The number of carbonyl (C=O) groups excluding carboxylic acids is 2. The average Bonchev–Trinajstić information content (AvgIpc) is 3.23. The molecule has 0 saturated carbocycles. The van der Waals surface area contributed by atoms with Crippen LogP contribution >= 0.6 is 23.4 Å². The number of nitrogens with zero attached hydrogens (tertiary/aromatic N) is 1. The van der Waals surface area contributed by atoms with E-state index in [4.69, 9.17) is 16.3 Å². The molecule has 7 heteroatoms. The van der Waals surface area contributed by atoms with Crippen LogP contribution in [0.25, 0.3) is 0 Å². The molecule has 2 atom stereocenters. The second-order valence-electron chi connectivity index (χ2n) is 8.60. The van der Waals surface area contributed by atoms with Crippen LogP contribution < -0.4 is 10.1 Å². The summed E-state index contributed by atoms with van der Waals surface area (Å²) in [6, 6.07) is 21.0. The summed E-state index contributed by atoms with van der Waals surface area (Å²) >= 11 is 7.60. The lowest BCUT2D eigenvalue weighted by molar-refractivity contribution is -0.128. The fourth-order valence-electron chi connectivity index (χ4n) is 4.27. The van der Waals surface area contributed by atoms with Crippen molar-refractivity contribution >= 4 is 35.2 Å². The van der Waals surface area contributed by atoms with Crippen molar-refractivity contribution < 1.29 is 14.3 Å². The number of rotatable bonds is 8. The highest BCUT2D eigenvalue weighted by Crippen LogP contribution is 2.39. The number of thioether (sulfide) groups is 1. The van der Waals surface area contributed by atoms with Crippen molar-refractivity contribution in [2.45, 2.75) is 38.2 Å². The van der Waals surface area contributed by atoms with Crippen molar-refractivity contribution in [1.82, 2.24) is 10.2 Å². The number of hydrogen-bond acceptors (Lipinski definition) is 4. The van der Waals surface area contributed by atoms with E-state index in [2.05, 4.69) is 18.3 Å². The lowest BCUT2D eigenvalue weighted by Crippen LogP contribution is -2.29. The first-order chi connectivity index (χ1) is 16.9. The molecule has 1 aliphatic rings. The monoisotopic (exact) mass is 508 g/mol. The second kappa shape index (κ2) is 11.2. The largest absolute Gasteiger partial charge is 0.496 e. The van der Waals surface area contributed by atoms with Gasteiger partial charge >= 0.3 is 0 Å². The average molecular weight is 509 g/mol. The van der Waals surface area contributed by atoms with Crippen molar-refractivity contribution in [3.05, 3.63) is 99.6 Å². The van der Waals surface area contributed by atoms with Gasteiger partial charge in [0.25, 0.3) is 5.91 Å². The topological polar surface area (TPSA) is 58.6 Å². The number of hydrogen-bond donors (Lipinski definition) is 1. The van der Waals surface area contributed by atoms with Crippen LogP contribution in [0.2, 0.25) is 5.02 Å². The number of amides is 2. The highest BCUT2D eigenvalue weighted by atomic mass is 35.5. The number of carbonyl (C=O) groups is 2. The normalized spacial score (nSPS) is 16.3. The Morgan fingerprint density at radius 2 is 1.86 bits per heavy atom. The zero-order chi connectivity index (χ0) is 24.9. The summed E-state index contributed by atoms with van der Waals surface area (Å²) in [6.45, 7) is 4.57. The zero-order valence-electron chi connectivity index (χ0n) is 20.1. The van der Waals surface area contributed by atoms with Crippen LogP contribution in [0.3, 0.4) is 0 Å². The maximum atomic E-state index is 13.0. The van der Waals surface area contributed by atoms with E-state index in [-0.39, 0.29) is 23.2 Å². The van der Waals surface area contributed by atoms with Gasteiger partial charge in [0.1, 0.15) is 11.1 Å². The van der Waals surface area contributed by atoms with Crippen LogP contribution in [0.4, 0.5) is 0 Å². The molecule has 2 amide bonds. The Balaban J connectivity index is 1.45. The summed E-state index contributed by atoms with van der Waals surface area (Å²) < 4.78 is 5.35. The van der Waals surface area contributed by atoms with Gasteiger partial charge in [-0.05, 0) is 65.9 Å². The van der Waals surface area contributed by atoms with Crippen LogP contribution in [-0.4, -0.2) is 29.6 Å². The number of halogens is 1. The van der Waals surface area contributed by atoms with Crippen molar-refractivity contribution in [1.29, 1.82) is 0 Å². The van der Waals surface area contributed by atoms with Crippen LogP contribution in [-0.2, 0) is 11.3 Å². The summed E-state index contributed by atoms with van der Waals surface area (Å²) in [7, 11) is 1.65. The van der Waals surface area contributed by atoms with Crippen LogP contribution in [0, 0.1) is 6.92 Å². The fourth-order valence-corrected chi connectivity index (χ4v) is 5.58. The van der Waals surface area contributed by atoms with Gasteiger partial charge in [0.05, 0.1) is 18.9 Å². The van der Waals surface area contributed by atoms with Gasteiger partial charge in [-0.25, -0.2) is 0 Å². The molecule has 3 aromatic carbocycles. The minimum atomic E-state index is -0.120. The summed E-state index contributed by atoms with van der Waals surface area (Å²) in [5.74, 6) is 1.27. The summed E-state index contributed by atoms with van der Waals surface area (Å²) in [6.07, 6.45) is 0.774. The smallest absolute Gasteiger partial charge is 0.251 e. The third-order valence-electron chi connectivity index (χ3n) is 6.23.